The molecular formula is C24H11ClN2O8. The summed E-state index contributed by atoms with van der Waals surface area (Å²) in [5.41, 5.74) is -0.435. The van der Waals surface area contributed by atoms with Crippen molar-refractivity contribution in [2.75, 3.05) is 9.80 Å². The van der Waals surface area contributed by atoms with Gasteiger partial charge in [-0.15, -0.1) is 0 Å². The van der Waals surface area contributed by atoms with Crippen molar-refractivity contribution in [3.63, 3.8) is 0 Å². The Balaban J connectivity index is 1.50. The Morgan fingerprint density at radius 1 is 0.600 bits per heavy atom. The van der Waals surface area contributed by atoms with Gasteiger partial charge in [-0.3, -0.25) is 19.2 Å². The number of amides is 4. The average Bonchev–Trinajstić information content (AvgIpc) is 3.22. The second-order valence-electron chi connectivity index (χ2n) is 7.66. The third kappa shape index (κ3) is 3.19. The van der Waals surface area contributed by atoms with Gasteiger partial charge in [0, 0.05) is 0 Å². The largest absolute Gasteiger partial charge is 0.478 e. The molecule has 5 rings (SSSR count). The van der Waals surface area contributed by atoms with Gasteiger partial charge in [-0.05, 0) is 54.6 Å². The lowest BCUT2D eigenvalue weighted by Crippen LogP contribution is -2.31. The number of carbonyl (C=O) groups excluding carboxylic acids is 4. The number of carboxylic acid groups (broad SMARTS) is 2. The molecule has 4 amide bonds. The van der Waals surface area contributed by atoms with Crippen LogP contribution in [0.15, 0.2) is 54.6 Å². The fourth-order valence-corrected chi connectivity index (χ4v) is 4.28. The number of hydrogen-bond acceptors (Lipinski definition) is 6. The van der Waals surface area contributed by atoms with Crippen LogP contribution in [0.25, 0.3) is 0 Å². The van der Waals surface area contributed by atoms with E-state index in [2.05, 4.69) is 0 Å². The van der Waals surface area contributed by atoms with E-state index in [-0.39, 0.29) is 49.8 Å². The van der Waals surface area contributed by atoms with Gasteiger partial charge in [-0.1, -0.05) is 11.6 Å². The minimum absolute atomic E-state index is 0.00901. The fourth-order valence-electron chi connectivity index (χ4n) is 4.02. The summed E-state index contributed by atoms with van der Waals surface area (Å²) in [5, 5.41) is 18.2. The molecule has 2 aliphatic rings. The second-order valence-corrected chi connectivity index (χ2v) is 8.07. The maximum atomic E-state index is 12.9. The van der Waals surface area contributed by atoms with Crippen LogP contribution in [0.5, 0.6) is 0 Å². The number of carboxylic acids is 2. The van der Waals surface area contributed by atoms with E-state index in [1.54, 1.807) is 0 Å². The van der Waals surface area contributed by atoms with Crippen molar-refractivity contribution in [1.82, 2.24) is 0 Å². The molecule has 0 bridgehead atoms. The van der Waals surface area contributed by atoms with Gasteiger partial charge in [0.15, 0.2) is 0 Å². The van der Waals surface area contributed by atoms with Gasteiger partial charge in [-0.2, -0.15) is 0 Å². The fraction of sp³-hybridized carbons (Fsp3) is 0. The molecule has 35 heavy (non-hydrogen) atoms. The van der Waals surface area contributed by atoms with E-state index in [9.17, 15) is 28.8 Å². The monoisotopic (exact) mass is 490 g/mol. The zero-order valence-corrected chi connectivity index (χ0v) is 18.1. The van der Waals surface area contributed by atoms with Crippen molar-refractivity contribution < 1.29 is 39.0 Å². The lowest BCUT2D eigenvalue weighted by Gasteiger charge is -2.19. The van der Waals surface area contributed by atoms with Crippen LogP contribution in [-0.2, 0) is 0 Å². The van der Waals surface area contributed by atoms with Gasteiger partial charge in [0.25, 0.3) is 23.6 Å². The van der Waals surface area contributed by atoms with E-state index in [4.69, 9.17) is 21.8 Å². The third-order valence-corrected chi connectivity index (χ3v) is 6.00. The van der Waals surface area contributed by atoms with Crippen LogP contribution < -0.4 is 9.80 Å². The lowest BCUT2D eigenvalue weighted by molar-refractivity contribution is 0.0686. The van der Waals surface area contributed by atoms with Crippen LogP contribution in [-0.4, -0.2) is 45.8 Å². The highest BCUT2D eigenvalue weighted by atomic mass is 35.5. The number of halogens is 1. The molecule has 3 aromatic carbocycles. The highest BCUT2D eigenvalue weighted by Crippen LogP contribution is 2.38. The molecule has 0 saturated carbocycles. The van der Waals surface area contributed by atoms with Crippen LogP contribution in [0.4, 0.5) is 11.4 Å². The van der Waals surface area contributed by atoms with Crippen molar-refractivity contribution in [2.24, 2.45) is 0 Å². The Labute approximate surface area is 200 Å². The number of anilines is 2. The number of nitrogens with zero attached hydrogens (tertiary/aromatic N) is 2. The molecule has 10 nitrogen and oxygen atoms in total. The summed E-state index contributed by atoms with van der Waals surface area (Å²) in [6, 6.07) is 10.9. The first kappa shape index (κ1) is 22.0. The van der Waals surface area contributed by atoms with Gasteiger partial charge >= 0.3 is 11.9 Å². The number of carbonyl (C=O) groups is 6. The molecule has 172 valence electrons. The molecule has 0 unspecified atom stereocenters. The summed E-state index contributed by atoms with van der Waals surface area (Å²) >= 11 is 6.35. The zero-order valence-electron chi connectivity index (χ0n) is 17.3. The van der Waals surface area contributed by atoms with Gasteiger partial charge in [-0.25, -0.2) is 19.4 Å². The van der Waals surface area contributed by atoms with E-state index >= 15 is 0 Å². The van der Waals surface area contributed by atoms with Crippen LogP contribution in [0, 0.1) is 0 Å². The first-order valence-corrected chi connectivity index (χ1v) is 10.3. The van der Waals surface area contributed by atoms with Gasteiger partial charge < -0.3 is 10.2 Å². The van der Waals surface area contributed by atoms with Gasteiger partial charge in [0.1, 0.15) is 0 Å². The number of aromatic carboxylic acids is 2. The maximum Gasteiger partial charge on any atom is 0.335 e. The Morgan fingerprint density at radius 2 is 1.06 bits per heavy atom. The van der Waals surface area contributed by atoms with Crippen molar-refractivity contribution in [3.05, 3.63) is 93.0 Å². The highest BCUT2D eigenvalue weighted by molar-refractivity contribution is 6.41. The summed E-state index contributed by atoms with van der Waals surface area (Å²) < 4.78 is 0. The maximum absolute atomic E-state index is 12.9. The van der Waals surface area contributed by atoms with E-state index in [0.29, 0.717) is 0 Å². The SMILES string of the molecule is O=C(O)c1ccc2c(c1)C(=O)N(c1ccc(N3C(=O)c4ccc(C(=O)O)cc4C3=O)c(Cl)c1)C2=O. The Bertz CT molecular complexity index is 1560. The number of imide groups is 2. The Morgan fingerprint density at radius 3 is 1.54 bits per heavy atom. The Kier molecular flexibility index (Phi) is 4.78. The van der Waals surface area contributed by atoms with Crippen molar-refractivity contribution >= 4 is 58.5 Å². The van der Waals surface area contributed by atoms with Crippen LogP contribution in [0.1, 0.15) is 62.1 Å². The lowest BCUT2D eigenvalue weighted by atomic mass is 10.1. The summed E-state index contributed by atoms with van der Waals surface area (Å²) in [6.07, 6.45) is 0. The molecule has 0 aromatic heterocycles. The molecule has 2 N–H and O–H groups in total. The summed E-state index contributed by atoms with van der Waals surface area (Å²) in [7, 11) is 0. The molecule has 0 atom stereocenters. The molecular weight excluding hydrogens is 480 g/mol. The normalized spacial score (nSPS) is 14.4. The molecule has 0 radical (unpaired) electrons. The molecule has 2 aliphatic heterocycles. The number of hydrogen-bond donors (Lipinski definition) is 2. The van der Waals surface area contributed by atoms with Gasteiger partial charge in [0.05, 0.1) is 49.8 Å². The minimum atomic E-state index is -1.26. The van der Waals surface area contributed by atoms with E-state index < -0.39 is 35.6 Å². The molecule has 2 heterocycles. The topological polar surface area (TPSA) is 149 Å². The first-order valence-electron chi connectivity index (χ1n) is 9.92. The molecule has 0 spiro atoms. The minimum Gasteiger partial charge on any atom is -0.478 e. The quantitative estimate of drug-likeness (QED) is 0.529. The van der Waals surface area contributed by atoms with Crippen molar-refractivity contribution in [3.8, 4) is 0 Å². The predicted octanol–water partition coefficient (Wildman–Crippen LogP) is 3.34. The molecule has 11 heteroatoms. The predicted molar refractivity (Wildman–Crippen MR) is 121 cm³/mol. The van der Waals surface area contributed by atoms with E-state index in [0.717, 1.165) is 21.9 Å². The van der Waals surface area contributed by atoms with Crippen molar-refractivity contribution in [1.29, 1.82) is 0 Å². The van der Waals surface area contributed by atoms with Crippen LogP contribution in [0.3, 0.4) is 0 Å². The first-order chi connectivity index (χ1) is 16.6. The molecule has 0 saturated heterocycles. The Hall–Kier alpha value is -4.83. The van der Waals surface area contributed by atoms with Crippen molar-refractivity contribution in [2.45, 2.75) is 0 Å². The summed E-state index contributed by atoms with van der Waals surface area (Å²) in [6.45, 7) is 0. The third-order valence-electron chi connectivity index (χ3n) is 5.70. The second kappa shape index (κ2) is 7.61. The van der Waals surface area contributed by atoms with E-state index in [1.165, 1.54) is 42.5 Å². The number of fused-ring (bicyclic) bond motifs is 2. The van der Waals surface area contributed by atoms with Crippen LogP contribution in [0.2, 0.25) is 5.02 Å². The standard InChI is InChI=1S/C24H11ClN2O8/c25-17-9-12(26-19(28)13-4-1-10(23(32)33)7-15(13)21(26)30)3-6-18(17)27-20(29)14-5-2-11(24(34)35)8-16(14)22(27)31/h1-9H,(H,32,33)(H,34,35). The smallest absolute Gasteiger partial charge is 0.335 e. The zero-order chi connectivity index (χ0) is 25.2. The number of rotatable bonds is 4. The summed E-state index contributed by atoms with van der Waals surface area (Å²) in [5.74, 6) is -5.43. The number of benzene rings is 3. The summed E-state index contributed by atoms with van der Waals surface area (Å²) in [4.78, 5) is 75.5. The molecule has 0 fully saturated rings. The molecule has 3 aromatic rings. The van der Waals surface area contributed by atoms with E-state index in [1.807, 2.05) is 0 Å². The highest BCUT2D eigenvalue weighted by Gasteiger charge is 2.40. The average molecular weight is 491 g/mol. The van der Waals surface area contributed by atoms with Crippen LogP contribution >= 0.6 is 11.6 Å². The molecule has 0 aliphatic carbocycles. The van der Waals surface area contributed by atoms with Gasteiger partial charge in [0.2, 0.25) is 0 Å².